The largest absolute Gasteiger partial charge is 0.390 e. The average Bonchev–Trinajstić information content (AvgIpc) is 1.69. The standard InChI is InChI=1S/C5H8ClN/c6-5-2-1-3-7-4-5/h4,7H,1-3H2. The van der Waals surface area contributed by atoms with Crippen LogP contribution in [0.1, 0.15) is 12.8 Å². The quantitative estimate of drug-likeness (QED) is 0.507. The van der Waals surface area contributed by atoms with Gasteiger partial charge in [0.25, 0.3) is 0 Å². The van der Waals surface area contributed by atoms with Gasteiger partial charge in [0, 0.05) is 17.8 Å². The highest BCUT2D eigenvalue weighted by Gasteiger charge is 1.96. The van der Waals surface area contributed by atoms with Crippen LogP contribution in [0, 0.1) is 0 Å². The molecule has 1 aliphatic rings. The summed E-state index contributed by atoms with van der Waals surface area (Å²) in [5.41, 5.74) is 0. The van der Waals surface area contributed by atoms with Crippen LogP contribution in [0.15, 0.2) is 11.2 Å². The zero-order valence-corrected chi connectivity index (χ0v) is 4.83. The van der Waals surface area contributed by atoms with Crippen molar-refractivity contribution < 1.29 is 0 Å². The topological polar surface area (TPSA) is 12.0 Å². The predicted octanol–water partition coefficient (Wildman–Crippen LogP) is 1.45. The molecule has 0 aliphatic carbocycles. The highest BCUT2D eigenvalue weighted by atomic mass is 35.5. The van der Waals surface area contributed by atoms with Crippen LogP contribution in [-0.4, -0.2) is 6.54 Å². The molecule has 0 aromatic heterocycles. The van der Waals surface area contributed by atoms with E-state index in [1.54, 1.807) is 0 Å². The Kier molecular flexibility index (Phi) is 1.58. The Morgan fingerprint density at radius 3 is 2.86 bits per heavy atom. The molecule has 1 nitrogen and oxygen atoms in total. The number of hydrogen-bond donors (Lipinski definition) is 1. The van der Waals surface area contributed by atoms with Gasteiger partial charge in [-0.3, -0.25) is 0 Å². The van der Waals surface area contributed by atoms with Crippen LogP contribution in [0.3, 0.4) is 0 Å². The summed E-state index contributed by atoms with van der Waals surface area (Å²) < 4.78 is 0. The molecule has 0 spiro atoms. The number of rotatable bonds is 0. The summed E-state index contributed by atoms with van der Waals surface area (Å²) in [6.45, 7) is 1.08. The molecule has 0 radical (unpaired) electrons. The minimum absolute atomic E-state index is 0.950. The van der Waals surface area contributed by atoms with E-state index in [0.717, 1.165) is 18.0 Å². The molecule has 0 fully saturated rings. The first-order valence-corrected chi connectivity index (χ1v) is 2.85. The molecule has 0 amide bonds. The van der Waals surface area contributed by atoms with Gasteiger partial charge in [0.15, 0.2) is 0 Å². The van der Waals surface area contributed by atoms with Gasteiger partial charge in [0.2, 0.25) is 0 Å². The Morgan fingerprint density at radius 1 is 1.71 bits per heavy atom. The van der Waals surface area contributed by atoms with Gasteiger partial charge in [0.1, 0.15) is 0 Å². The summed E-state index contributed by atoms with van der Waals surface area (Å²) >= 11 is 5.62. The van der Waals surface area contributed by atoms with Crippen molar-refractivity contribution in [1.82, 2.24) is 5.32 Å². The van der Waals surface area contributed by atoms with Gasteiger partial charge < -0.3 is 5.32 Å². The first-order valence-electron chi connectivity index (χ1n) is 2.47. The third-order valence-electron chi connectivity index (χ3n) is 0.995. The number of hydrogen-bond acceptors (Lipinski definition) is 1. The van der Waals surface area contributed by atoms with Crippen molar-refractivity contribution in [3.8, 4) is 0 Å². The lowest BCUT2D eigenvalue weighted by Gasteiger charge is -2.06. The summed E-state index contributed by atoms with van der Waals surface area (Å²) in [4.78, 5) is 0. The van der Waals surface area contributed by atoms with Crippen LogP contribution in [0.25, 0.3) is 0 Å². The summed E-state index contributed by atoms with van der Waals surface area (Å²) in [5.74, 6) is 0. The predicted molar refractivity (Wildman–Crippen MR) is 31.2 cm³/mol. The molecule has 40 valence electrons. The molecular formula is C5H8ClN. The Morgan fingerprint density at radius 2 is 2.57 bits per heavy atom. The fourth-order valence-electron chi connectivity index (χ4n) is 0.614. The van der Waals surface area contributed by atoms with Crippen molar-refractivity contribution in [1.29, 1.82) is 0 Å². The molecule has 7 heavy (non-hydrogen) atoms. The van der Waals surface area contributed by atoms with Gasteiger partial charge >= 0.3 is 0 Å². The van der Waals surface area contributed by atoms with Crippen LogP contribution >= 0.6 is 11.6 Å². The Labute approximate surface area is 48.4 Å². The van der Waals surface area contributed by atoms with E-state index in [1.165, 1.54) is 6.42 Å². The molecule has 0 saturated carbocycles. The zero-order valence-electron chi connectivity index (χ0n) is 4.08. The zero-order chi connectivity index (χ0) is 5.11. The first-order chi connectivity index (χ1) is 3.39. The van der Waals surface area contributed by atoms with Gasteiger partial charge in [-0.1, -0.05) is 11.6 Å². The lowest BCUT2D eigenvalue weighted by Crippen LogP contribution is -2.11. The van der Waals surface area contributed by atoms with Gasteiger partial charge in [-0.15, -0.1) is 0 Å². The number of allylic oxidation sites excluding steroid dienone is 1. The molecule has 0 aromatic carbocycles. The molecule has 1 heterocycles. The van der Waals surface area contributed by atoms with Gasteiger partial charge in [-0.05, 0) is 12.8 Å². The Balaban J connectivity index is 2.40. The maximum atomic E-state index is 5.62. The summed E-state index contributed by atoms with van der Waals surface area (Å²) in [5, 5.41) is 3.99. The highest BCUT2D eigenvalue weighted by molar-refractivity contribution is 6.29. The molecule has 1 aliphatic heterocycles. The molecular weight excluding hydrogens is 110 g/mol. The van der Waals surface area contributed by atoms with E-state index in [1.807, 2.05) is 6.20 Å². The Bertz CT molecular complexity index is 88.1. The van der Waals surface area contributed by atoms with Crippen LogP contribution in [-0.2, 0) is 0 Å². The molecule has 2 heteroatoms. The first kappa shape index (κ1) is 4.98. The number of halogens is 1. The van der Waals surface area contributed by atoms with Crippen molar-refractivity contribution in [2.75, 3.05) is 6.54 Å². The van der Waals surface area contributed by atoms with Gasteiger partial charge in [-0.2, -0.15) is 0 Å². The smallest absolute Gasteiger partial charge is 0.0338 e. The van der Waals surface area contributed by atoms with Crippen molar-refractivity contribution in [3.05, 3.63) is 11.2 Å². The monoisotopic (exact) mass is 117 g/mol. The van der Waals surface area contributed by atoms with Crippen molar-refractivity contribution in [3.63, 3.8) is 0 Å². The third-order valence-corrected chi connectivity index (χ3v) is 1.29. The molecule has 0 bridgehead atoms. The maximum absolute atomic E-state index is 5.62. The lowest BCUT2D eigenvalue weighted by molar-refractivity contribution is 0.719. The fraction of sp³-hybridized carbons (Fsp3) is 0.600. The second-order valence-electron chi connectivity index (χ2n) is 1.65. The molecule has 0 aromatic rings. The molecule has 0 atom stereocenters. The van der Waals surface area contributed by atoms with Crippen molar-refractivity contribution >= 4 is 11.6 Å². The van der Waals surface area contributed by atoms with Crippen LogP contribution < -0.4 is 5.32 Å². The minimum Gasteiger partial charge on any atom is -0.390 e. The molecule has 1 rings (SSSR count). The number of nitrogens with one attached hydrogen (secondary N) is 1. The second kappa shape index (κ2) is 2.22. The van der Waals surface area contributed by atoms with E-state index in [4.69, 9.17) is 11.6 Å². The minimum atomic E-state index is 0.950. The van der Waals surface area contributed by atoms with Crippen molar-refractivity contribution in [2.45, 2.75) is 12.8 Å². The van der Waals surface area contributed by atoms with Crippen LogP contribution in [0.2, 0.25) is 0 Å². The normalized spacial score (nSPS) is 20.4. The second-order valence-corrected chi connectivity index (χ2v) is 2.13. The highest BCUT2D eigenvalue weighted by Crippen LogP contribution is 2.10. The Hall–Kier alpha value is -0.170. The molecule has 0 saturated heterocycles. The van der Waals surface area contributed by atoms with E-state index in [2.05, 4.69) is 5.32 Å². The summed E-state index contributed by atoms with van der Waals surface area (Å²) in [6.07, 6.45) is 4.09. The van der Waals surface area contributed by atoms with Gasteiger partial charge in [0.05, 0.1) is 0 Å². The van der Waals surface area contributed by atoms with Crippen LogP contribution in [0.4, 0.5) is 0 Å². The molecule has 0 unspecified atom stereocenters. The van der Waals surface area contributed by atoms with Crippen LogP contribution in [0.5, 0.6) is 0 Å². The fourth-order valence-corrected chi connectivity index (χ4v) is 0.825. The van der Waals surface area contributed by atoms with Gasteiger partial charge in [-0.25, -0.2) is 0 Å². The van der Waals surface area contributed by atoms with Crippen molar-refractivity contribution in [2.24, 2.45) is 0 Å². The summed E-state index contributed by atoms with van der Waals surface area (Å²) in [6, 6.07) is 0. The van der Waals surface area contributed by atoms with E-state index in [9.17, 15) is 0 Å². The lowest BCUT2D eigenvalue weighted by atomic mass is 10.2. The van der Waals surface area contributed by atoms with E-state index >= 15 is 0 Å². The van der Waals surface area contributed by atoms with E-state index < -0.39 is 0 Å². The molecule has 1 N–H and O–H groups in total. The average molecular weight is 118 g/mol. The maximum Gasteiger partial charge on any atom is 0.0338 e. The summed E-state index contributed by atoms with van der Waals surface area (Å²) in [7, 11) is 0. The third kappa shape index (κ3) is 1.39. The van der Waals surface area contributed by atoms with E-state index in [-0.39, 0.29) is 0 Å². The SMILES string of the molecule is ClC1=CNCCC1. The van der Waals surface area contributed by atoms with E-state index in [0.29, 0.717) is 0 Å².